The first-order chi connectivity index (χ1) is 16.4. The summed E-state index contributed by atoms with van der Waals surface area (Å²) in [4.78, 5) is 55.1. The Kier molecular flexibility index (Phi) is 6.55. The van der Waals surface area contributed by atoms with Gasteiger partial charge in [-0.3, -0.25) is 14.4 Å². The topological polar surface area (TPSA) is 115 Å². The number of anilines is 2. The Bertz CT molecular complexity index is 1270. The predicted octanol–water partition coefficient (Wildman–Crippen LogP) is 3.73. The highest BCUT2D eigenvalue weighted by molar-refractivity contribution is 6.34. The van der Waals surface area contributed by atoms with Gasteiger partial charge < -0.3 is 14.8 Å². The van der Waals surface area contributed by atoms with Crippen LogP contribution in [0.15, 0.2) is 60.8 Å². The summed E-state index contributed by atoms with van der Waals surface area (Å²) >= 11 is 5.74. The van der Waals surface area contributed by atoms with Crippen LogP contribution in [0.5, 0.6) is 5.75 Å². The third-order valence-corrected chi connectivity index (χ3v) is 5.08. The maximum Gasteiger partial charge on any atom is 0.338 e. The van der Waals surface area contributed by atoms with E-state index in [0.29, 0.717) is 23.1 Å². The predicted molar refractivity (Wildman–Crippen MR) is 123 cm³/mol. The summed E-state index contributed by atoms with van der Waals surface area (Å²) in [7, 11) is 0. The maximum absolute atomic E-state index is 12.9. The van der Waals surface area contributed by atoms with Crippen molar-refractivity contribution in [1.82, 2.24) is 4.98 Å². The van der Waals surface area contributed by atoms with Crippen molar-refractivity contribution in [3.05, 3.63) is 82.5 Å². The van der Waals surface area contributed by atoms with Crippen molar-refractivity contribution in [2.45, 2.75) is 6.92 Å². The number of hydrogen-bond acceptors (Lipinski definition) is 7. The lowest BCUT2D eigenvalue weighted by Crippen LogP contribution is -2.29. The van der Waals surface area contributed by atoms with Gasteiger partial charge in [0.15, 0.2) is 6.61 Å². The van der Waals surface area contributed by atoms with E-state index in [1.807, 2.05) is 6.92 Å². The Morgan fingerprint density at radius 2 is 1.74 bits per heavy atom. The van der Waals surface area contributed by atoms with E-state index in [2.05, 4.69) is 10.3 Å². The van der Waals surface area contributed by atoms with Crippen LogP contribution in [0.4, 0.5) is 11.5 Å². The lowest BCUT2D eigenvalue weighted by atomic mass is 10.1. The van der Waals surface area contributed by atoms with Crippen LogP contribution in [-0.4, -0.2) is 41.9 Å². The molecule has 9 nitrogen and oxygen atoms in total. The van der Waals surface area contributed by atoms with Crippen molar-refractivity contribution in [3.63, 3.8) is 0 Å². The summed E-state index contributed by atoms with van der Waals surface area (Å²) in [5, 5.41) is 2.88. The SMILES string of the molecule is CCOc1ccc(N2C(=O)c3ccc(C(=O)OCC(=O)Nc4ccc(Cl)cn4)cc3C2=O)cc1. The van der Waals surface area contributed by atoms with Crippen molar-refractivity contribution >= 4 is 46.8 Å². The van der Waals surface area contributed by atoms with Crippen molar-refractivity contribution in [3.8, 4) is 5.75 Å². The number of esters is 1. The lowest BCUT2D eigenvalue weighted by Gasteiger charge is -2.14. The number of halogens is 1. The second-order valence-electron chi connectivity index (χ2n) is 7.12. The lowest BCUT2D eigenvalue weighted by molar-refractivity contribution is -0.119. The Morgan fingerprint density at radius 3 is 2.41 bits per heavy atom. The number of rotatable bonds is 7. The third kappa shape index (κ3) is 4.74. The van der Waals surface area contributed by atoms with Crippen molar-refractivity contribution in [2.24, 2.45) is 0 Å². The van der Waals surface area contributed by atoms with E-state index < -0.39 is 30.3 Å². The third-order valence-electron chi connectivity index (χ3n) is 4.86. The number of nitrogens with zero attached hydrogens (tertiary/aromatic N) is 2. The zero-order chi connectivity index (χ0) is 24.2. The molecule has 1 N–H and O–H groups in total. The molecule has 0 unspecified atom stereocenters. The quantitative estimate of drug-likeness (QED) is 0.405. The molecule has 0 atom stereocenters. The number of fused-ring (bicyclic) bond motifs is 1. The zero-order valence-corrected chi connectivity index (χ0v) is 18.7. The van der Waals surface area contributed by atoms with Crippen LogP contribution in [0.25, 0.3) is 0 Å². The fraction of sp³-hybridized carbons (Fsp3) is 0.125. The molecule has 0 radical (unpaired) electrons. The summed E-state index contributed by atoms with van der Waals surface area (Å²) in [6.07, 6.45) is 1.36. The van der Waals surface area contributed by atoms with Crippen LogP contribution in [0.2, 0.25) is 5.02 Å². The molecule has 1 aliphatic rings. The smallest absolute Gasteiger partial charge is 0.338 e. The molecule has 0 spiro atoms. The van der Waals surface area contributed by atoms with E-state index in [0.717, 1.165) is 4.90 Å². The number of imide groups is 1. The molecule has 0 saturated heterocycles. The average molecular weight is 480 g/mol. The molecule has 4 rings (SSSR count). The molecule has 1 aromatic heterocycles. The van der Waals surface area contributed by atoms with Gasteiger partial charge in [-0.25, -0.2) is 14.7 Å². The molecule has 2 heterocycles. The largest absolute Gasteiger partial charge is 0.494 e. The molecule has 3 aromatic rings. The highest BCUT2D eigenvalue weighted by atomic mass is 35.5. The summed E-state index contributed by atoms with van der Waals surface area (Å²) in [5.74, 6) is -1.62. The molecular weight excluding hydrogens is 462 g/mol. The van der Waals surface area contributed by atoms with Gasteiger partial charge in [-0.1, -0.05) is 11.6 Å². The maximum atomic E-state index is 12.9. The van der Waals surface area contributed by atoms with Crippen molar-refractivity contribution in [1.29, 1.82) is 0 Å². The molecule has 0 bridgehead atoms. The molecule has 34 heavy (non-hydrogen) atoms. The number of amides is 3. The van der Waals surface area contributed by atoms with E-state index in [1.54, 1.807) is 30.3 Å². The summed E-state index contributed by atoms with van der Waals surface area (Å²) in [6, 6.07) is 13.6. The van der Waals surface area contributed by atoms with Crippen molar-refractivity contribution in [2.75, 3.05) is 23.4 Å². The normalized spacial score (nSPS) is 12.4. The molecule has 1 aliphatic heterocycles. The van der Waals surface area contributed by atoms with Gasteiger partial charge in [0.25, 0.3) is 17.7 Å². The monoisotopic (exact) mass is 479 g/mol. The molecule has 3 amide bonds. The molecule has 0 saturated carbocycles. The number of pyridine rings is 1. The number of carbonyl (C=O) groups is 4. The molecule has 2 aromatic carbocycles. The van der Waals surface area contributed by atoms with Gasteiger partial charge in [0.2, 0.25) is 0 Å². The number of carbonyl (C=O) groups excluding carboxylic acids is 4. The molecule has 10 heteroatoms. The number of nitrogens with one attached hydrogen (secondary N) is 1. The van der Waals surface area contributed by atoms with Gasteiger partial charge in [0, 0.05) is 6.20 Å². The number of hydrogen-bond donors (Lipinski definition) is 1. The zero-order valence-electron chi connectivity index (χ0n) is 17.9. The summed E-state index contributed by atoms with van der Waals surface area (Å²) < 4.78 is 10.4. The standard InChI is InChI=1S/C24H18ClN3O6/c1-2-33-17-7-5-16(6-8-17)28-22(30)18-9-3-14(11-19(18)23(28)31)24(32)34-13-21(29)27-20-10-4-15(25)12-26-20/h3-12H,2,13H2,1H3,(H,26,27,29). The van der Waals surface area contributed by atoms with Crippen LogP contribution in [0.3, 0.4) is 0 Å². The van der Waals surface area contributed by atoms with Crippen molar-refractivity contribution < 1.29 is 28.7 Å². The van der Waals surface area contributed by atoms with Gasteiger partial charge in [0.1, 0.15) is 11.6 Å². The first kappa shape index (κ1) is 22.9. The van der Waals surface area contributed by atoms with E-state index in [9.17, 15) is 19.2 Å². The second-order valence-corrected chi connectivity index (χ2v) is 7.56. The van der Waals surface area contributed by atoms with Crippen LogP contribution < -0.4 is 15.0 Å². The molecular formula is C24H18ClN3O6. The van der Waals surface area contributed by atoms with E-state index in [1.165, 1.54) is 30.5 Å². The van der Waals surface area contributed by atoms with Gasteiger partial charge in [0.05, 0.1) is 34.0 Å². The second kappa shape index (κ2) is 9.72. The number of ether oxygens (including phenoxy) is 2. The van der Waals surface area contributed by atoms with Gasteiger partial charge in [-0.15, -0.1) is 0 Å². The number of benzene rings is 2. The Labute approximate surface area is 199 Å². The van der Waals surface area contributed by atoms with Crippen LogP contribution in [0.1, 0.15) is 38.0 Å². The molecule has 0 aliphatic carbocycles. The molecule has 0 fully saturated rings. The Balaban J connectivity index is 1.43. The fourth-order valence-corrected chi connectivity index (χ4v) is 3.42. The Morgan fingerprint density at radius 1 is 1.00 bits per heavy atom. The van der Waals surface area contributed by atoms with E-state index in [-0.39, 0.29) is 22.5 Å². The van der Waals surface area contributed by atoms with Gasteiger partial charge in [-0.05, 0) is 61.5 Å². The fourth-order valence-electron chi connectivity index (χ4n) is 3.30. The summed E-state index contributed by atoms with van der Waals surface area (Å²) in [5.41, 5.74) is 0.655. The highest BCUT2D eigenvalue weighted by Crippen LogP contribution is 2.30. The number of aromatic nitrogens is 1. The minimum absolute atomic E-state index is 0.0332. The van der Waals surface area contributed by atoms with E-state index in [4.69, 9.17) is 21.1 Å². The first-order valence-corrected chi connectivity index (χ1v) is 10.6. The molecule has 172 valence electrons. The highest BCUT2D eigenvalue weighted by Gasteiger charge is 2.37. The van der Waals surface area contributed by atoms with E-state index >= 15 is 0 Å². The average Bonchev–Trinajstić information content (AvgIpc) is 3.09. The van der Waals surface area contributed by atoms with Crippen LogP contribution in [-0.2, 0) is 9.53 Å². The minimum atomic E-state index is -0.818. The Hall–Kier alpha value is -4.24. The van der Waals surface area contributed by atoms with Crippen LogP contribution in [0, 0.1) is 0 Å². The minimum Gasteiger partial charge on any atom is -0.494 e. The first-order valence-electron chi connectivity index (χ1n) is 10.2. The van der Waals surface area contributed by atoms with Gasteiger partial charge in [-0.2, -0.15) is 0 Å². The summed E-state index contributed by atoms with van der Waals surface area (Å²) in [6.45, 7) is 1.78. The van der Waals surface area contributed by atoms with Crippen LogP contribution >= 0.6 is 11.6 Å². The van der Waals surface area contributed by atoms with Gasteiger partial charge >= 0.3 is 5.97 Å².